The van der Waals surface area contributed by atoms with Gasteiger partial charge < -0.3 is 10.6 Å². The predicted octanol–water partition coefficient (Wildman–Crippen LogP) is 3.57. The molecule has 0 fully saturated rings. The molecule has 0 bridgehead atoms. The first-order valence-electron chi connectivity index (χ1n) is 7.31. The zero-order valence-corrected chi connectivity index (χ0v) is 15.8. The number of hydrogen-bond acceptors (Lipinski definition) is 3. The lowest BCUT2D eigenvalue weighted by Gasteiger charge is -2.12. The molecular weight excluding hydrogens is 379 g/mol. The molecule has 0 radical (unpaired) electrons. The van der Waals surface area contributed by atoms with Crippen LogP contribution in [0.4, 0.5) is 4.39 Å². The topological polar surface area (TPSA) is 49.3 Å². The van der Waals surface area contributed by atoms with Crippen molar-refractivity contribution >= 4 is 33.2 Å². The van der Waals surface area contributed by atoms with E-state index in [1.54, 1.807) is 24.5 Å². The van der Waals surface area contributed by atoms with Crippen LogP contribution in [0.15, 0.2) is 27.7 Å². The molecule has 7 heteroatoms. The fraction of sp³-hybridized carbons (Fsp3) is 0.375. The molecule has 0 aliphatic carbocycles. The van der Waals surface area contributed by atoms with E-state index in [9.17, 15) is 4.39 Å². The summed E-state index contributed by atoms with van der Waals surface area (Å²) in [6.45, 7) is 5.22. The Morgan fingerprint density at radius 1 is 1.35 bits per heavy atom. The summed E-state index contributed by atoms with van der Waals surface area (Å²) in [5, 5.41) is 7.45. The zero-order valence-electron chi connectivity index (χ0n) is 13.4. The van der Waals surface area contributed by atoms with Gasteiger partial charge in [0.05, 0.1) is 10.7 Å². The Balaban J connectivity index is 1.81. The van der Waals surface area contributed by atoms with Crippen LogP contribution < -0.4 is 10.6 Å². The van der Waals surface area contributed by atoms with Crippen molar-refractivity contribution < 1.29 is 4.39 Å². The van der Waals surface area contributed by atoms with Gasteiger partial charge in [0.15, 0.2) is 5.96 Å². The van der Waals surface area contributed by atoms with Crippen LogP contribution in [-0.4, -0.2) is 24.5 Å². The third-order valence-corrected chi connectivity index (χ3v) is 5.02. The van der Waals surface area contributed by atoms with Gasteiger partial charge in [0.1, 0.15) is 5.82 Å². The quantitative estimate of drug-likeness (QED) is 0.597. The summed E-state index contributed by atoms with van der Waals surface area (Å²) in [6.07, 6.45) is 0.840. The number of thiazole rings is 1. The molecule has 2 aromatic rings. The maximum absolute atomic E-state index is 13.8. The Kier molecular flexibility index (Phi) is 6.53. The van der Waals surface area contributed by atoms with Crippen LogP contribution in [0.1, 0.15) is 21.1 Å². The lowest BCUT2D eigenvalue weighted by molar-refractivity contribution is 0.604. The first-order valence-corrected chi connectivity index (χ1v) is 8.92. The Labute approximate surface area is 148 Å². The molecule has 0 saturated heterocycles. The number of aromatic nitrogens is 1. The highest BCUT2D eigenvalue weighted by Gasteiger charge is 2.06. The average Bonchev–Trinajstić information content (AvgIpc) is 2.82. The molecule has 2 N–H and O–H groups in total. The fourth-order valence-electron chi connectivity index (χ4n) is 2.00. The maximum atomic E-state index is 13.8. The number of guanidine groups is 1. The third-order valence-electron chi connectivity index (χ3n) is 3.39. The summed E-state index contributed by atoms with van der Waals surface area (Å²) in [7, 11) is 1.70. The van der Waals surface area contributed by atoms with Gasteiger partial charge in [-0.2, -0.15) is 0 Å². The van der Waals surface area contributed by atoms with E-state index in [4.69, 9.17) is 0 Å². The summed E-state index contributed by atoms with van der Waals surface area (Å²) in [5.41, 5.74) is 1.69. The summed E-state index contributed by atoms with van der Waals surface area (Å²) in [5.74, 6) is 0.411. The molecule has 124 valence electrons. The number of aryl methyl sites for hydroxylation is 2. The van der Waals surface area contributed by atoms with Crippen molar-refractivity contribution in [3.63, 3.8) is 0 Å². The van der Waals surface area contributed by atoms with Crippen LogP contribution in [0, 0.1) is 19.7 Å². The number of hydrogen-bond donors (Lipinski definition) is 2. The molecule has 0 atom stereocenters. The molecule has 0 aliphatic heterocycles. The van der Waals surface area contributed by atoms with Gasteiger partial charge in [0.2, 0.25) is 0 Å². The van der Waals surface area contributed by atoms with E-state index in [2.05, 4.69) is 43.5 Å². The smallest absolute Gasteiger partial charge is 0.191 e. The fourth-order valence-corrected chi connectivity index (χ4v) is 3.27. The van der Waals surface area contributed by atoms with Gasteiger partial charge in [-0.1, -0.05) is 22.0 Å². The van der Waals surface area contributed by atoms with Gasteiger partial charge in [-0.15, -0.1) is 11.3 Å². The minimum Gasteiger partial charge on any atom is -0.356 e. The van der Waals surface area contributed by atoms with Crippen molar-refractivity contribution in [2.75, 3.05) is 13.6 Å². The largest absolute Gasteiger partial charge is 0.356 e. The standard InChI is InChI=1S/C16H20BrFN4S/c1-10-11(2)23-15(22-10)6-7-20-16(19-3)21-9-12-4-5-13(17)8-14(12)18/h4-5,8H,6-7,9H2,1-3H3,(H2,19,20,21). The highest BCUT2D eigenvalue weighted by atomic mass is 79.9. The monoisotopic (exact) mass is 398 g/mol. The zero-order chi connectivity index (χ0) is 16.8. The number of nitrogens with zero attached hydrogens (tertiary/aromatic N) is 2. The molecule has 2 rings (SSSR count). The second-order valence-corrected chi connectivity index (χ2v) is 7.29. The summed E-state index contributed by atoms with van der Waals surface area (Å²) < 4.78 is 14.5. The molecule has 0 unspecified atom stereocenters. The Morgan fingerprint density at radius 2 is 2.13 bits per heavy atom. The van der Waals surface area contributed by atoms with Crippen LogP contribution in [0.5, 0.6) is 0 Å². The van der Waals surface area contributed by atoms with Crippen molar-refractivity contribution in [3.8, 4) is 0 Å². The van der Waals surface area contributed by atoms with Crippen molar-refractivity contribution in [2.45, 2.75) is 26.8 Å². The first-order chi connectivity index (χ1) is 11.0. The number of rotatable bonds is 5. The maximum Gasteiger partial charge on any atom is 0.191 e. The van der Waals surface area contributed by atoms with E-state index in [-0.39, 0.29) is 5.82 Å². The van der Waals surface area contributed by atoms with E-state index >= 15 is 0 Å². The van der Waals surface area contributed by atoms with Gasteiger partial charge in [-0.3, -0.25) is 4.99 Å². The van der Waals surface area contributed by atoms with Crippen LogP contribution >= 0.6 is 27.3 Å². The van der Waals surface area contributed by atoms with Crippen LogP contribution in [0.2, 0.25) is 0 Å². The number of aliphatic imine (C=N–C) groups is 1. The first kappa shape index (κ1) is 17.9. The minimum atomic E-state index is -0.240. The van der Waals surface area contributed by atoms with E-state index < -0.39 is 0 Å². The summed E-state index contributed by atoms with van der Waals surface area (Å²) in [4.78, 5) is 9.92. The second kappa shape index (κ2) is 8.40. The highest BCUT2D eigenvalue weighted by molar-refractivity contribution is 9.10. The summed E-state index contributed by atoms with van der Waals surface area (Å²) in [6, 6.07) is 5.03. The van der Waals surface area contributed by atoms with Gasteiger partial charge in [0.25, 0.3) is 0 Å². The molecule has 0 amide bonds. The van der Waals surface area contributed by atoms with E-state index in [0.717, 1.165) is 28.1 Å². The van der Waals surface area contributed by atoms with Gasteiger partial charge in [-0.25, -0.2) is 9.37 Å². The number of halogens is 2. The molecule has 0 saturated carbocycles. The second-order valence-electron chi connectivity index (χ2n) is 5.09. The Hall–Kier alpha value is -1.47. The lowest BCUT2D eigenvalue weighted by Crippen LogP contribution is -2.38. The van der Waals surface area contributed by atoms with Gasteiger partial charge in [-0.05, 0) is 26.0 Å². The van der Waals surface area contributed by atoms with E-state index in [1.807, 2.05) is 13.0 Å². The van der Waals surface area contributed by atoms with Crippen LogP contribution in [0.25, 0.3) is 0 Å². The van der Waals surface area contributed by atoms with Crippen molar-refractivity contribution in [1.82, 2.24) is 15.6 Å². The SMILES string of the molecule is CN=C(NCCc1nc(C)c(C)s1)NCc1ccc(Br)cc1F. The minimum absolute atomic E-state index is 0.240. The molecule has 0 spiro atoms. The molecule has 0 aliphatic rings. The predicted molar refractivity (Wildman–Crippen MR) is 97.6 cm³/mol. The van der Waals surface area contributed by atoms with Crippen molar-refractivity contribution in [3.05, 3.63) is 49.6 Å². The van der Waals surface area contributed by atoms with E-state index in [1.165, 1.54) is 10.9 Å². The van der Waals surface area contributed by atoms with E-state index in [0.29, 0.717) is 18.1 Å². The number of nitrogens with one attached hydrogen (secondary N) is 2. The lowest BCUT2D eigenvalue weighted by atomic mass is 10.2. The van der Waals surface area contributed by atoms with Crippen LogP contribution in [0.3, 0.4) is 0 Å². The molecule has 1 aromatic carbocycles. The molecule has 1 heterocycles. The molecular formula is C16H20BrFN4S. The normalized spacial score (nSPS) is 11.6. The third kappa shape index (κ3) is 5.28. The molecule has 23 heavy (non-hydrogen) atoms. The Morgan fingerprint density at radius 3 is 2.74 bits per heavy atom. The Bertz CT molecular complexity index is 680. The van der Waals surface area contributed by atoms with Crippen LogP contribution in [-0.2, 0) is 13.0 Å². The molecule has 1 aromatic heterocycles. The summed E-state index contributed by atoms with van der Waals surface area (Å²) >= 11 is 4.97. The highest BCUT2D eigenvalue weighted by Crippen LogP contribution is 2.16. The average molecular weight is 399 g/mol. The van der Waals surface area contributed by atoms with Gasteiger partial charge >= 0.3 is 0 Å². The molecule has 4 nitrogen and oxygen atoms in total. The van der Waals surface area contributed by atoms with Gasteiger partial charge in [0, 0.05) is 41.5 Å². The number of benzene rings is 1. The van der Waals surface area contributed by atoms with Crippen molar-refractivity contribution in [1.29, 1.82) is 0 Å². The van der Waals surface area contributed by atoms with Crippen molar-refractivity contribution in [2.24, 2.45) is 4.99 Å².